The van der Waals surface area contributed by atoms with Gasteiger partial charge in [0.15, 0.2) is 0 Å². The monoisotopic (exact) mass is 448 g/mol. The topological polar surface area (TPSA) is 52.9 Å². The molecule has 1 fully saturated rings. The van der Waals surface area contributed by atoms with Crippen LogP contribution < -0.4 is 4.74 Å². The van der Waals surface area contributed by atoms with Gasteiger partial charge in [-0.1, -0.05) is 43.3 Å². The van der Waals surface area contributed by atoms with Crippen molar-refractivity contribution in [3.05, 3.63) is 89.0 Å². The number of hydrogen-bond acceptors (Lipinski definition) is 4. The molecule has 0 amide bonds. The molecular weight excluding hydrogens is 410 g/mol. The molecule has 2 aliphatic rings. The summed E-state index contributed by atoms with van der Waals surface area (Å²) in [5.74, 6) is 0.931. The van der Waals surface area contributed by atoms with Crippen molar-refractivity contribution in [1.29, 1.82) is 0 Å². The van der Waals surface area contributed by atoms with Gasteiger partial charge >= 0.3 is 0 Å². The van der Waals surface area contributed by atoms with Crippen LogP contribution in [0.1, 0.15) is 58.1 Å². The molecule has 4 nitrogen and oxygen atoms in total. The predicted octanol–water partition coefficient (Wildman–Crippen LogP) is 6.05. The molecule has 0 aliphatic carbocycles. The number of phenols is 2. The number of nitrogens with zero attached hydrogens (tertiary/aromatic N) is 1. The highest BCUT2D eigenvalue weighted by Gasteiger charge is 2.30. The molecule has 0 saturated carbocycles. The Hall–Kier alpha value is -3.24. The van der Waals surface area contributed by atoms with Crippen LogP contribution in [0.3, 0.4) is 0 Å². The zero-order valence-electron chi connectivity index (χ0n) is 25.4. The standard InChI is InChI=1S/C29H31NO3/c1-3-14-30-17-21(18-30)15-20-4-6-23(7-5-20)29-28(22-8-10-24(31)11-9-22)19(2)26-13-12-25(32)16-27(26)33-29/h4-13,16,21,29,31-32H,3,14-15,17-18H2,1-2H3/i1D3,3D2,14D2. The van der Waals surface area contributed by atoms with Crippen molar-refractivity contribution in [2.75, 3.05) is 19.6 Å². The van der Waals surface area contributed by atoms with Crippen molar-refractivity contribution in [3.8, 4) is 17.2 Å². The van der Waals surface area contributed by atoms with Crippen LogP contribution in [0.25, 0.3) is 11.1 Å². The highest BCUT2D eigenvalue weighted by molar-refractivity contribution is 5.95. The van der Waals surface area contributed by atoms with E-state index in [9.17, 15) is 10.2 Å². The lowest BCUT2D eigenvalue weighted by molar-refractivity contribution is 0.101. The summed E-state index contributed by atoms with van der Waals surface area (Å²) < 4.78 is 60.7. The van der Waals surface area contributed by atoms with E-state index >= 15 is 0 Å². The Morgan fingerprint density at radius 3 is 2.45 bits per heavy atom. The molecule has 1 unspecified atom stereocenters. The van der Waals surface area contributed by atoms with Crippen molar-refractivity contribution >= 4 is 11.1 Å². The Kier molecular flexibility index (Phi) is 4.02. The van der Waals surface area contributed by atoms with E-state index in [1.165, 1.54) is 4.90 Å². The molecule has 4 heteroatoms. The fraction of sp³-hybridized carbons (Fsp3) is 0.310. The first kappa shape index (κ1) is 14.8. The van der Waals surface area contributed by atoms with Crippen molar-refractivity contribution in [2.45, 2.75) is 32.7 Å². The zero-order chi connectivity index (χ0) is 29.0. The summed E-state index contributed by atoms with van der Waals surface area (Å²) in [5.41, 5.74) is 5.66. The Labute approximate surface area is 205 Å². The summed E-state index contributed by atoms with van der Waals surface area (Å²) in [4.78, 5) is 1.26. The molecule has 1 saturated heterocycles. The molecule has 5 rings (SSSR count). The van der Waals surface area contributed by atoms with E-state index in [0.717, 1.165) is 33.4 Å². The van der Waals surface area contributed by atoms with Gasteiger partial charge in [-0.3, -0.25) is 0 Å². The fourth-order valence-electron chi connectivity index (χ4n) is 4.72. The third-order valence-corrected chi connectivity index (χ3v) is 6.44. The highest BCUT2D eigenvalue weighted by Crippen LogP contribution is 2.47. The van der Waals surface area contributed by atoms with E-state index in [1.807, 2.05) is 49.4 Å². The molecule has 1 atom stereocenters. The molecule has 2 N–H and O–H groups in total. The smallest absolute Gasteiger partial charge is 0.150 e. The molecule has 2 aliphatic heterocycles. The molecule has 0 aromatic heterocycles. The van der Waals surface area contributed by atoms with Gasteiger partial charge in [0.2, 0.25) is 0 Å². The van der Waals surface area contributed by atoms with Gasteiger partial charge in [-0.25, -0.2) is 0 Å². The Bertz CT molecular complexity index is 1430. The number of hydrogen-bond donors (Lipinski definition) is 2. The first-order valence-electron chi connectivity index (χ1n) is 14.5. The number of allylic oxidation sites excluding steroid dienone is 1. The lowest BCUT2D eigenvalue weighted by Gasteiger charge is -2.39. The summed E-state index contributed by atoms with van der Waals surface area (Å²) in [6.45, 7) is -3.12. The van der Waals surface area contributed by atoms with Crippen molar-refractivity contribution in [3.63, 3.8) is 0 Å². The van der Waals surface area contributed by atoms with Crippen LogP contribution in [0.15, 0.2) is 66.7 Å². The summed E-state index contributed by atoms with van der Waals surface area (Å²) >= 11 is 0. The van der Waals surface area contributed by atoms with E-state index in [4.69, 9.17) is 14.3 Å². The molecule has 3 aromatic carbocycles. The van der Waals surface area contributed by atoms with Crippen LogP contribution in [0, 0.1) is 5.92 Å². The molecule has 170 valence electrons. The summed E-state index contributed by atoms with van der Waals surface area (Å²) in [6.07, 6.45) is -2.80. The number of phenolic OH excluding ortho intramolecular Hbond substituents is 2. The van der Waals surface area contributed by atoms with Gasteiger partial charge < -0.3 is 19.8 Å². The minimum Gasteiger partial charge on any atom is -0.508 e. The maximum atomic E-state index is 10.0. The van der Waals surface area contributed by atoms with Gasteiger partial charge in [-0.15, -0.1) is 0 Å². The number of likely N-dealkylation sites (tertiary alicyclic amines) is 1. The van der Waals surface area contributed by atoms with Gasteiger partial charge in [-0.05, 0) is 78.7 Å². The van der Waals surface area contributed by atoms with Crippen molar-refractivity contribution < 1.29 is 24.5 Å². The van der Waals surface area contributed by atoms with Crippen LogP contribution in [-0.2, 0) is 6.42 Å². The van der Waals surface area contributed by atoms with Crippen LogP contribution in [0.2, 0.25) is 0 Å². The van der Waals surface area contributed by atoms with E-state index in [2.05, 4.69) is 0 Å². The molecule has 2 heterocycles. The second kappa shape index (κ2) is 8.95. The summed E-state index contributed by atoms with van der Waals surface area (Å²) in [6, 6.07) is 19.9. The molecule has 3 aromatic rings. The van der Waals surface area contributed by atoms with Crippen LogP contribution in [-0.4, -0.2) is 34.7 Å². The lowest BCUT2D eigenvalue weighted by atomic mass is 9.85. The first-order chi connectivity index (χ1) is 18.7. The average molecular weight is 449 g/mol. The van der Waals surface area contributed by atoms with E-state index in [-0.39, 0.29) is 30.5 Å². The number of rotatable bonds is 6. The Balaban J connectivity index is 1.35. The van der Waals surface area contributed by atoms with E-state index in [1.54, 1.807) is 24.3 Å². The van der Waals surface area contributed by atoms with Crippen LogP contribution in [0.5, 0.6) is 17.2 Å². The van der Waals surface area contributed by atoms with Gasteiger partial charge in [0.1, 0.15) is 23.4 Å². The third kappa shape index (κ3) is 4.36. The Morgan fingerprint density at radius 1 is 1.00 bits per heavy atom. The largest absolute Gasteiger partial charge is 0.508 e. The molecule has 0 radical (unpaired) electrons. The fourth-order valence-corrected chi connectivity index (χ4v) is 4.72. The number of ether oxygens (including phenoxy) is 1. The first-order valence-corrected chi connectivity index (χ1v) is 11.0. The zero-order valence-corrected chi connectivity index (χ0v) is 18.4. The SMILES string of the molecule is [2H]C([2H])([2H])C([2H])([2H])C([2H])([2H])N1CC(Cc2ccc(C3Oc4cc(O)ccc4C(C)=C3c3ccc(O)cc3)cc2)C1. The van der Waals surface area contributed by atoms with E-state index in [0.29, 0.717) is 12.2 Å². The van der Waals surface area contributed by atoms with Crippen molar-refractivity contribution in [2.24, 2.45) is 5.92 Å². The van der Waals surface area contributed by atoms with Gasteiger partial charge in [-0.2, -0.15) is 0 Å². The van der Waals surface area contributed by atoms with Crippen molar-refractivity contribution in [1.82, 2.24) is 4.90 Å². The maximum Gasteiger partial charge on any atom is 0.150 e. The minimum absolute atomic E-state index is 0.0730. The molecule has 0 spiro atoms. The van der Waals surface area contributed by atoms with E-state index < -0.39 is 25.8 Å². The molecular formula is C29H31NO3. The van der Waals surface area contributed by atoms with Gasteiger partial charge in [0.25, 0.3) is 0 Å². The summed E-state index contributed by atoms with van der Waals surface area (Å²) in [5, 5.41) is 19.9. The average Bonchev–Trinajstić information content (AvgIpc) is 2.86. The van der Waals surface area contributed by atoms with Gasteiger partial charge in [0.05, 0.1) is 0 Å². The lowest BCUT2D eigenvalue weighted by Crippen LogP contribution is -2.47. The second-order valence-corrected chi connectivity index (χ2v) is 8.72. The minimum atomic E-state index is -3.07. The van der Waals surface area contributed by atoms with Crippen LogP contribution >= 0.6 is 0 Å². The highest BCUT2D eigenvalue weighted by atomic mass is 16.5. The number of benzene rings is 3. The quantitative estimate of drug-likeness (QED) is 0.482. The van der Waals surface area contributed by atoms with Gasteiger partial charge in [0, 0.05) is 39.9 Å². The van der Waals surface area contributed by atoms with Crippen LogP contribution in [0.4, 0.5) is 0 Å². The predicted molar refractivity (Wildman–Crippen MR) is 132 cm³/mol. The summed E-state index contributed by atoms with van der Waals surface area (Å²) in [7, 11) is 0. The molecule has 0 bridgehead atoms. The number of aromatic hydroxyl groups is 2. The second-order valence-electron chi connectivity index (χ2n) is 8.72. The molecule has 33 heavy (non-hydrogen) atoms. The maximum absolute atomic E-state index is 10.0. The number of fused-ring (bicyclic) bond motifs is 1. The Morgan fingerprint density at radius 2 is 1.73 bits per heavy atom. The normalized spacial score (nSPS) is 22.9. The third-order valence-electron chi connectivity index (χ3n) is 6.44.